The van der Waals surface area contributed by atoms with Gasteiger partial charge in [-0.15, -0.1) is 0 Å². The summed E-state index contributed by atoms with van der Waals surface area (Å²) in [6.45, 7) is 0. The molecule has 4 nitrogen and oxygen atoms in total. The van der Waals surface area contributed by atoms with Crippen molar-refractivity contribution in [3.05, 3.63) is 40.4 Å². The summed E-state index contributed by atoms with van der Waals surface area (Å²) in [5.41, 5.74) is 0.519. The van der Waals surface area contributed by atoms with Crippen molar-refractivity contribution in [1.29, 1.82) is 0 Å². The Balaban J connectivity index is 1.80. The van der Waals surface area contributed by atoms with E-state index in [0.29, 0.717) is 15.7 Å². The van der Waals surface area contributed by atoms with Crippen LogP contribution < -0.4 is 5.32 Å². The number of carbonyl (C=O) groups is 2. The molecule has 1 aromatic carbocycles. The Bertz CT molecular complexity index is 644. The van der Waals surface area contributed by atoms with E-state index >= 15 is 0 Å². The molecule has 2 N–H and O–H groups in total. The number of allylic oxidation sites excluding steroid dienone is 2. The number of nitrogens with one attached hydrogen (secondary N) is 1. The number of halogens is 2. The van der Waals surface area contributed by atoms with Crippen molar-refractivity contribution in [3.8, 4) is 0 Å². The molecule has 0 aliphatic heterocycles. The molecule has 1 amide bonds. The number of carbonyl (C=O) groups excluding carboxylic acids is 1. The highest BCUT2D eigenvalue weighted by Gasteiger charge is 2.51. The van der Waals surface area contributed by atoms with Gasteiger partial charge in [0, 0.05) is 5.69 Å². The minimum absolute atomic E-state index is 0.00104. The van der Waals surface area contributed by atoms with Crippen LogP contribution in [0.3, 0.4) is 0 Å². The van der Waals surface area contributed by atoms with Crippen LogP contribution in [0.15, 0.2) is 30.4 Å². The molecule has 0 aromatic heterocycles. The number of anilines is 1. The van der Waals surface area contributed by atoms with E-state index in [9.17, 15) is 14.7 Å². The van der Waals surface area contributed by atoms with Crippen molar-refractivity contribution in [2.75, 3.05) is 5.32 Å². The molecule has 0 unspecified atom stereocenters. The average molecular weight is 326 g/mol. The lowest BCUT2D eigenvalue weighted by atomic mass is 9.82. The second-order valence-corrected chi connectivity index (χ2v) is 6.27. The summed E-state index contributed by atoms with van der Waals surface area (Å²) in [4.78, 5) is 23.8. The number of hydrogen-bond acceptors (Lipinski definition) is 2. The van der Waals surface area contributed by atoms with Gasteiger partial charge >= 0.3 is 5.97 Å². The maximum absolute atomic E-state index is 12.4. The van der Waals surface area contributed by atoms with Gasteiger partial charge in [-0.25, -0.2) is 0 Å². The molecule has 2 aliphatic carbocycles. The molecule has 1 aromatic rings. The predicted molar refractivity (Wildman–Crippen MR) is 80.4 cm³/mol. The van der Waals surface area contributed by atoms with Crippen LogP contribution in [0.25, 0.3) is 0 Å². The summed E-state index contributed by atoms with van der Waals surface area (Å²) in [5, 5.41) is 12.8. The number of fused-ring (bicyclic) bond motifs is 2. The van der Waals surface area contributed by atoms with Crippen LogP contribution in [-0.2, 0) is 9.59 Å². The Morgan fingerprint density at radius 3 is 2.38 bits per heavy atom. The first-order chi connectivity index (χ1) is 9.97. The third-order valence-electron chi connectivity index (χ3n) is 4.23. The quantitative estimate of drug-likeness (QED) is 0.836. The van der Waals surface area contributed by atoms with Crippen molar-refractivity contribution >= 4 is 40.8 Å². The van der Waals surface area contributed by atoms with E-state index in [1.165, 1.54) is 0 Å². The normalized spacial score (nSPS) is 29.6. The molecule has 21 heavy (non-hydrogen) atoms. The predicted octanol–water partition coefficient (Wildman–Crippen LogP) is 3.45. The molecule has 4 atom stereocenters. The van der Waals surface area contributed by atoms with Gasteiger partial charge in [0.15, 0.2) is 0 Å². The monoisotopic (exact) mass is 325 g/mol. The largest absolute Gasteiger partial charge is 0.481 e. The van der Waals surface area contributed by atoms with Crippen LogP contribution in [0, 0.1) is 23.7 Å². The van der Waals surface area contributed by atoms with Gasteiger partial charge in [-0.2, -0.15) is 0 Å². The molecule has 1 saturated carbocycles. The molecular weight excluding hydrogens is 313 g/mol. The maximum Gasteiger partial charge on any atom is 0.307 e. The zero-order valence-corrected chi connectivity index (χ0v) is 12.4. The fraction of sp³-hybridized carbons (Fsp3) is 0.333. The van der Waals surface area contributed by atoms with E-state index < -0.39 is 17.8 Å². The Kier molecular flexibility index (Phi) is 3.68. The standard InChI is InChI=1S/C15H13Cl2NO3/c16-10-4-3-9(6-11(10)17)18-14(19)12-7-1-2-8(5-7)13(12)15(20)21/h1-4,6-8,12-13H,5H2,(H,18,19)(H,20,21)/t7-,8-,12-,13-/m0/s1. The van der Waals surface area contributed by atoms with Gasteiger partial charge in [0.2, 0.25) is 5.91 Å². The molecule has 6 heteroatoms. The summed E-state index contributed by atoms with van der Waals surface area (Å²) in [6.07, 6.45) is 4.59. The number of rotatable bonds is 3. The van der Waals surface area contributed by atoms with Crippen LogP contribution in [0.4, 0.5) is 5.69 Å². The van der Waals surface area contributed by atoms with Crippen molar-refractivity contribution in [2.24, 2.45) is 23.7 Å². The topological polar surface area (TPSA) is 66.4 Å². The number of amides is 1. The van der Waals surface area contributed by atoms with Crippen molar-refractivity contribution in [3.63, 3.8) is 0 Å². The van der Waals surface area contributed by atoms with Gasteiger partial charge in [0.1, 0.15) is 0 Å². The van der Waals surface area contributed by atoms with Crippen molar-refractivity contribution in [2.45, 2.75) is 6.42 Å². The molecule has 0 heterocycles. The lowest BCUT2D eigenvalue weighted by molar-refractivity contribution is -0.146. The minimum atomic E-state index is -0.916. The Labute approximate surface area is 131 Å². The number of carboxylic acids is 1. The van der Waals surface area contributed by atoms with Gasteiger partial charge in [-0.1, -0.05) is 35.4 Å². The van der Waals surface area contributed by atoms with Crippen LogP contribution in [0.2, 0.25) is 10.0 Å². The zero-order valence-electron chi connectivity index (χ0n) is 10.9. The lowest BCUT2D eigenvalue weighted by Gasteiger charge is -2.23. The molecule has 3 rings (SSSR count). The van der Waals surface area contributed by atoms with E-state index in [4.69, 9.17) is 23.2 Å². The number of benzene rings is 1. The minimum Gasteiger partial charge on any atom is -0.481 e. The molecule has 0 radical (unpaired) electrons. The highest BCUT2D eigenvalue weighted by Crippen LogP contribution is 2.48. The Hall–Kier alpha value is -1.52. The fourth-order valence-corrected chi connectivity index (χ4v) is 3.61. The summed E-state index contributed by atoms with van der Waals surface area (Å²) in [6, 6.07) is 4.79. The smallest absolute Gasteiger partial charge is 0.307 e. The molecule has 2 aliphatic rings. The van der Waals surface area contributed by atoms with E-state index in [1.54, 1.807) is 18.2 Å². The molecule has 0 spiro atoms. The Morgan fingerprint density at radius 1 is 1.10 bits per heavy atom. The van der Waals surface area contributed by atoms with Gasteiger partial charge < -0.3 is 10.4 Å². The van der Waals surface area contributed by atoms with E-state index in [0.717, 1.165) is 6.42 Å². The first-order valence-corrected chi connectivity index (χ1v) is 7.40. The van der Waals surface area contributed by atoms with Crippen LogP contribution in [0.5, 0.6) is 0 Å². The summed E-state index contributed by atoms with van der Waals surface area (Å²) in [7, 11) is 0. The van der Waals surface area contributed by atoms with E-state index in [1.807, 2.05) is 12.2 Å². The van der Waals surface area contributed by atoms with E-state index in [-0.39, 0.29) is 17.7 Å². The number of carboxylic acid groups (broad SMARTS) is 1. The molecule has 110 valence electrons. The molecule has 0 saturated heterocycles. The van der Waals surface area contributed by atoms with E-state index in [2.05, 4.69) is 5.32 Å². The third-order valence-corrected chi connectivity index (χ3v) is 4.97. The molecule has 1 fully saturated rings. The SMILES string of the molecule is O=C(O)[C@@H]1[C@@H](C(=O)Nc2ccc(Cl)c(Cl)c2)[C@H]2C=C[C@H]1C2. The van der Waals surface area contributed by atoms with Crippen LogP contribution >= 0.6 is 23.2 Å². The Morgan fingerprint density at radius 2 is 1.76 bits per heavy atom. The van der Waals surface area contributed by atoms with Crippen molar-refractivity contribution < 1.29 is 14.7 Å². The molecule has 2 bridgehead atoms. The highest BCUT2D eigenvalue weighted by molar-refractivity contribution is 6.42. The highest BCUT2D eigenvalue weighted by atomic mass is 35.5. The van der Waals surface area contributed by atoms with Gasteiger partial charge in [0.25, 0.3) is 0 Å². The lowest BCUT2D eigenvalue weighted by Crippen LogP contribution is -2.36. The zero-order chi connectivity index (χ0) is 15.1. The average Bonchev–Trinajstić information content (AvgIpc) is 3.03. The number of hydrogen-bond donors (Lipinski definition) is 2. The van der Waals surface area contributed by atoms with Crippen LogP contribution in [-0.4, -0.2) is 17.0 Å². The second kappa shape index (κ2) is 5.35. The first kappa shape index (κ1) is 14.4. The van der Waals surface area contributed by atoms with Crippen LogP contribution in [0.1, 0.15) is 6.42 Å². The van der Waals surface area contributed by atoms with Gasteiger partial charge in [-0.05, 0) is 36.5 Å². The van der Waals surface area contributed by atoms with Gasteiger partial charge in [-0.3, -0.25) is 9.59 Å². The fourth-order valence-electron chi connectivity index (χ4n) is 3.32. The summed E-state index contributed by atoms with van der Waals surface area (Å²) < 4.78 is 0. The second-order valence-electron chi connectivity index (χ2n) is 5.46. The molecular formula is C15H13Cl2NO3. The maximum atomic E-state index is 12.4. The first-order valence-electron chi connectivity index (χ1n) is 6.64. The summed E-state index contributed by atoms with van der Waals surface area (Å²) >= 11 is 11.7. The van der Waals surface area contributed by atoms with Gasteiger partial charge in [0.05, 0.1) is 21.9 Å². The number of aliphatic carboxylic acids is 1. The van der Waals surface area contributed by atoms with Crippen molar-refractivity contribution in [1.82, 2.24) is 0 Å². The summed E-state index contributed by atoms with van der Waals surface area (Å²) in [5.74, 6) is -2.43. The third kappa shape index (κ3) is 2.54.